The largest absolute Gasteiger partial charge is 0.298 e. The fourth-order valence-corrected chi connectivity index (χ4v) is 6.48. The average molecular weight is 597 g/mol. The van der Waals surface area contributed by atoms with Gasteiger partial charge in [0.25, 0.3) is 11.8 Å². The zero-order chi connectivity index (χ0) is 26.6. The third kappa shape index (κ3) is 5.85. The molecule has 5 nitrogen and oxygen atoms in total. The number of carbonyl (C=O) groups is 2. The highest BCUT2D eigenvalue weighted by molar-refractivity contribution is 8.27. The molecule has 2 amide bonds. The number of anilines is 2. The van der Waals surface area contributed by atoms with Gasteiger partial charge in [-0.3, -0.25) is 19.8 Å². The molecule has 10 heteroatoms. The van der Waals surface area contributed by atoms with Crippen molar-refractivity contribution in [2.45, 2.75) is 12.8 Å². The first-order chi connectivity index (χ1) is 18.4. The highest BCUT2D eigenvalue weighted by Gasteiger charge is 2.37. The number of benzene rings is 3. The summed E-state index contributed by atoms with van der Waals surface area (Å²) in [7, 11) is 0. The summed E-state index contributed by atoms with van der Waals surface area (Å²) in [5.41, 5.74) is 2.77. The lowest BCUT2D eigenvalue weighted by molar-refractivity contribution is -0.115. The molecule has 3 aromatic carbocycles. The number of nitrogens with zero attached hydrogens (tertiary/aromatic N) is 2. The molecular weight excluding hydrogens is 577 g/mol. The Morgan fingerprint density at radius 3 is 2.42 bits per heavy atom. The Hall–Kier alpha value is -3.01. The van der Waals surface area contributed by atoms with Crippen LogP contribution in [0.15, 0.2) is 95.5 Å². The van der Waals surface area contributed by atoms with Crippen molar-refractivity contribution in [1.29, 1.82) is 0 Å². The van der Waals surface area contributed by atoms with E-state index in [1.165, 1.54) is 16.2 Å². The van der Waals surface area contributed by atoms with Gasteiger partial charge in [0, 0.05) is 29.5 Å². The predicted molar refractivity (Wildman–Crippen MR) is 161 cm³/mol. The van der Waals surface area contributed by atoms with E-state index in [0.29, 0.717) is 42.1 Å². The van der Waals surface area contributed by atoms with Gasteiger partial charge in [-0.1, -0.05) is 108 Å². The lowest BCUT2D eigenvalue weighted by Gasteiger charge is -2.14. The summed E-state index contributed by atoms with van der Waals surface area (Å²) < 4.78 is 0.379. The van der Waals surface area contributed by atoms with E-state index in [9.17, 15) is 9.59 Å². The van der Waals surface area contributed by atoms with Gasteiger partial charge in [0.15, 0.2) is 9.45 Å². The van der Waals surface area contributed by atoms with Gasteiger partial charge >= 0.3 is 0 Å². The van der Waals surface area contributed by atoms with Crippen molar-refractivity contribution in [2.75, 3.05) is 10.2 Å². The van der Waals surface area contributed by atoms with Crippen LogP contribution in [0.5, 0.6) is 0 Å². The lowest BCUT2D eigenvalue weighted by Crippen LogP contribution is -2.28. The molecule has 190 valence electrons. The molecule has 4 aromatic rings. The molecule has 0 spiro atoms. The number of nitrogens with one attached hydrogen (secondary N) is 1. The molecule has 5 rings (SSSR count). The number of halogens is 2. The van der Waals surface area contributed by atoms with Crippen LogP contribution in [-0.2, 0) is 22.4 Å². The summed E-state index contributed by atoms with van der Waals surface area (Å²) in [5.74, 6) is -0.716. The SMILES string of the molecule is O=C(Nc1ncc(Cc2cccc(Cl)c2Cl)s1)/C(Cc1ccccc1)=C1/SC(=S)N(c2ccccc2)C1=O. The van der Waals surface area contributed by atoms with Gasteiger partial charge in [0.05, 0.1) is 20.6 Å². The number of carbonyl (C=O) groups excluding carboxylic acids is 2. The van der Waals surface area contributed by atoms with Gasteiger partial charge in [-0.15, -0.1) is 11.3 Å². The van der Waals surface area contributed by atoms with E-state index in [4.69, 9.17) is 35.4 Å². The van der Waals surface area contributed by atoms with Gasteiger partial charge in [-0.2, -0.15) is 0 Å². The smallest absolute Gasteiger partial charge is 0.271 e. The quantitative estimate of drug-likeness (QED) is 0.176. The van der Waals surface area contributed by atoms with Crippen LogP contribution in [0, 0.1) is 0 Å². The number of hydrogen-bond donors (Lipinski definition) is 1. The Morgan fingerprint density at radius 2 is 1.68 bits per heavy atom. The van der Waals surface area contributed by atoms with Crippen LogP contribution in [0.4, 0.5) is 10.8 Å². The molecule has 0 atom stereocenters. The average Bonchev–Trinajstić information content (AvgIpc) is 3.48. The first-order valence-electron chi connectivity index (χ1n) is 11.5. The van der Waals surface area contributed by atoms with Crippen LogP contribution in [0.1, 0.15) is 16.0 Å². The molecule has 1 aromatic heterocycles. The molecule has 1 N–H and O–H groups in total. The number of amides is 2. The number of hydrogen-bond acceptors (Lipinski definition) is 6. The Labute approximate surface area is 243 Å². The van der Waals surface area contributed by atoms with E-state index >= 15 is 0 Å². The second-order valence-electron chi connectivity index (χ2n) is 8.29. The Morgan fingerprint density at radius 1 is 0.974 bits per heavy atom. The second-order valence-corrected chi connectivity index (χ2v) is 11.8. The van der Waals surface area contributed by atoms with E-state index < -0.39 is 5.91 Å². The maximum absolute atomic E-state index is 13.6. The molecule has 1 saturated heterocycles. The van der Waals surface area contributed by atoms with Crippen LogP contribution in [-0.4, -0.2) is 21.1 Å². The number of rotatable bonds is 7. The van der Waals surface area contributed by atoms with E-state index in [1.807, 2.05) is 72.8 Å². The second kappa shape index (κ2) is 11.8. The molecule has 2 heterocycles. The summed E-state index contributed by atoms with van der Waals surface area (Å²) in [5, 5.41) is 4.29. The minimum atomic E-state index is -0.399. The molecule has 0 radical (unpaired) electrons. The summed E-state index contributed by atoms with van der Waals surface area (Å²) in [6.07, 6.45) is 2.49. The van der Waals surface area contributed by atoms with Crippen molar-refractivity contribution >= 4 is 85.5 Å². The summed E-state index contributed by atoms with van der Waals surface area (Å²) in [4.78, 5) is 34.2. The standard InChI is InChI=1S/C28H19Cl2N3O2S3/c29-22-13-7-10-18(23(22)30)15-20-16-31-27(37-20)32-25(34)21(14-17-8-3-1-4-9-17)24-26(35)33(28(36)38-24)19-11-5-2-6-12-19/h1-13,16H,14-15H2,(H,31,32,34)/b24-21+. The van der Waals surface area contributed by atoms with Crippen molar-refractivity contribution in [3.05, 3.63) is 122 Å². The molecule has 1 aliphatic heterocycles. The third-order valence-corrected chi connectivity index (χ3v) is 8.91. The zero-order valence-corrected chi connectivity index (χ0v) is 23.7. The van der Waals surface area contributed by atoms with Gasteiger partial charge in [-0.25, -0.2) is 4.98 Å². The number of thioether (sulfide) groups is 1. The normalized spacial score (nSPS) is 14.6. The molecule has 0 bridgehead atoms. The minimum absolute atomic E-state index is 0.266. The molecular formula is C28H19Cl2N3O2S3. The number of para-hydroxylation sites is 1. The third-order valence-electron chi connectivity index (χ3n) is 5.73. The van der Waals surface area contributed by atoms with E-state index in [-0.39, 0.29) is 12.3 Å². The minimum Gasteiger partial charge on any atom is -0.298 e. The topological polar surface area (TPSA) is 62.3 Å². The molecule has 38 heavy (non-hydrogen) atoms. The maximum Gasteiger partial charge on any atom is 0.271 e. The van der Waals surface area contributed by atoms with E-state index in [1.54, 1.807) is 12.3 Å². The van der Waals surface area contributed by atoms with Gasteiger partial charge in [-0.05, 0) is 29.3 Å². The van der Waals surface area contributed by atoms with Gasteiger partial charge in [0.2, 0.25) is 0 Å². The summed E-state index contributed by atoms with van der Waals surface area (Å²) >= 11 is 20.5. The predicted octanol–water partition coefficient (Wildman–Crippen LogP) is 7.54. The fraction of sp³-hybridized carbons (Fsp3) is 0.0714. The Kier molecular flexibility index (Phi) is 8.26. The van der Waals surface area contributed by atoms with Crippen LogP contribution in [0.2, 0.25) is 10.0 Å². The van der Waals surface area contributed by atoms with Crippen molar-refractivity contribution < 1.29 is 9.59 Å². The monoisotopic (exact) mass is 595 g/mol. The maximum atomic E-state index is 13.6. The molecule has 1 fully saturated rings. The lowest BCUT2D eigenvalue weighted by atomic mass is 10.0. The van der Waals surface area contributed by atoms with Crippen LogP contribution in [0.3, 0.4) is 0 Å². The molecule has 0 saturated carbocycles. The first-order valence-corrected chi connectivity index (χ1v) is 14.3. The number of aromatic nitrogens is 1. The van der Waals surface area contributed by atoms with Crippen molar-refractivity contribution in [3.8, 4) is 0 Å². The van der Waals surface area contributed by atoms with E-state index in [0.717, 1.165) is 27.8 Å². The number of thiazole rings is 1. The Bertz CT molecular complexity index is 1560. The van der Waals surface area contributed by atoms with Crippen molar-refractivity contribution in [3.63, 3.8) is 0 Å². The highest BCUT2D eigenvalue weighted by Crippen LogP contribution is 2.38. The summed E-state index contributed by atoms with van der Waals surface area (Å²) in [6.45, 7) is 0. The molecule has 1 aliphatic rings. The van der Waals surface area contributed by atoms with Gasteiger partial charge in [0.1, 0.15) is 0 Å². The van der Waals surface area contributed by atoms with Gasteiger partial charge < -0.3 is 0 Å². The first kappa shape index (κ1) is 26.6. The number of thiocarbonyl (C=S) groups is 1. The zero-order valence-electron chi connectivity index (χ0n) is 19.7. The highest BCUT2D eigenvalue weighted by atomic mass is 35.5. The van der Waals surface area contributed by atoms with Crippen molar-refractivity contribution in [1.82, 2.24) is 4.98 Å². The van der Waals surface area contributed by atoms with Crippen LogP contribution >= 0.6 is 58.5 Å². The summed E-state index contributed by atoms with van der Waals surface area (Å²) in [6, 6.07) is 24.2. The van der Waals surface area contributed by atoms with Crippen LogP contribution < -0.4 is 10.2 Å². The van der Waals surface area contributed by atoms with Crippen LogP contribution in [0.25, 0.3) is 0 Å². The fourth-order valence-electron chi connectivity index (χ4n) is 3.91. The molecule has 0 aliphatic carbocycles. The molecule has 0 unspecified atom stereocenters. The Balaban J connectivity index is 1.42. The van der Waals surface area contributed by atoms with E-state index in [2.05, 4.69) is 10.3 Å². The van der Waals surface area contributed by atoms with Crippen molar-refractivity contribution in [2.24, 2.45) is 0 Å².